The molecule has 2 rings (SSSR count). The Morgan fingerprint density at radius 3 is 2.19 bits per heavy atom. The van der Waals surface area contributed by atoms with Gasteiger partial charge in [0.25, 0.3) is 0 Å². The highest BCUT2D eigenvalue weighted by Gasteiger charge is 2.08. The highest BCUT2D eigenvalue weighted by molar-refractivity contribution is 5.84. The van der Waals surface area contributed by atoms with Gasteiger partial charge in [-0.05, 0) is 29.8 Å². The van der Waals surface area contributed by atoms with Crippen molar-refractivity contribution in [3.63, 3.8) is 0 Å². The van der Waals surface area contributed by atoms with Gasteiger partial charge in [0.05, 0.1) is 11.4 Å². The Hall–Kier alpha value is -2.36. The number of phenols is 1. The first-order valence-corrected chi connectivity index (χ1v) is 4.82. The van der Waals surface area contributed by atoms with E-state index < -0.39 is 0 Å². The molecule has 4 nitrogen and oxygen atoms in total. The van der Waals surface area contributed by atoms with E-state index in [0.717, 1.165) is 5.56 Å². The summed E-state index contributed by atoms with van der Waals surface area (Å²) in [5, 5.41) is 9.75. The maximum Gasteiger partial charge on any atom is 0.125 e. The Morgan fingerprint density at radius 2 is 1.56 bits per heavy atom. The van der Waals surface area contributed by atoms with Gasteiger partial charge < -0.3 is 22.3 Å². The highest BCUT2D eigenvalue weighted by atomic mass is 16.3. The molecule has 7 N–H and O–H groups in total. The van der Waals surface area contributed by atoms with E-state index in [-0.39, 0.29) is 5.75 Å². The van der Waals surface area contributed by atoms with Gasteiger partial charge in [0, 0.05) is 11.3 Å². The Kier molecular flexibility index (Phi) is 2.32. The highest BCUT2D eigenvalue weighted by Crippen LogP contribution is 2.35. The first-order valence-electron chi connectivity index (χ1n) is 4.82. The fourth-order valence-corrected chi connectivity index (χ4v) is 1.60. The van der Waals surface area contributed by atoms with Crippen molar-refractivity contribution >= 4 is 17.1 Å². The molecular formula is C12H13N3O. The predicted molar refractivity (Wildman–Crippen MR) is 66.8 cm³/mol. The lowest BCUT2D eigenvalue weighted by molar-refractivity contribution is 0.477. The van der Waals surface area contributed by atoms with E-state index in [0.29, 0.717) is 22.6 Å². The standard InChI is InChI=1S/C12H13N3O/c13-8-5-4-7(6-10(8)15)12-9(14)2-1-3-11(12)16/h1-6,16H,13-15H2. The van der Waals surface area contributed by atoms with Crippen LogP contribution in [0.2, 0.25) is 0 Å². The summed E-state index contributed by atoms with van der Waals surface area (Å²) in [6.07, 6.45) is 0. The van der Waals surface area contributed by atoms with Crippen LogP contribution in [-0.2, 0) is 0 Å². The van der Waals surface area contributed by atoms with Gasteiger partial charge in [-0.2, -0.15) is 0 Å². The van der Waals surface area contributed by atoms with Crippen LogP contribution >= 0.6 is 0 Å². The van der Waals surface area contributed by atoms with E-state index in [2.05, 4.69) is 0 Å². The molecule has 0 heterocycles. The molecule has 82 valence electrons. The summed E-state index contributed by atoms with van der Waals surface area (Å²) >= 11 is 0. The van der Waals surface area contributed by atoms with Crippen LogP contribution in [0.25, 0.3) is 11.1 Å². The van der Waals surface area contributed by atoms with E-state index in [9.17, 15) is 5.11 Å². The summed E-state index contributed by atoms with van der Waals surface area (Å²) in [5.74, 6) is 0.129. The van der Waals surface area contributed by atoms with Crippen LogP contribution in [0.1, 0.15) is 0 Å². The van der Waals surface area contributed by atoms with Gasteiger partial charge in [0.15, 0.2) is 0 Å². The predicted octanol–water partition coefficient (Wildman–Crippen LogP) is 1.81. The largest absolute Gasteiger partial charge is 0.507 e. The average molecular weight is 215 g/mol. The lowest BCUT2D eigenvalue weighted by Gasteiger charge is -2.09. The second-order valence-corrected chi connectivity index (χ2v) is 3.59. The molecule has 0 aliphatic rings. The number of benzene rings is 2. The third-order valence-corrected chi connectivity index (χ3v) is 2.45. The van der Waals surface area contributed by atoms with Crippen LogP contribution in [0.3, 0.4) is 0 Å². The van der Waals surface area contributed by atoms with E-state index in [1.807, 2.05) is 0 Å². The Balaban J connectivity index is 2.63. The molecule has 16 heavy (non-hydrogen) atoms. The van der Waals surface area contributed by atoms with Crippen LogP contribution in [0, 0.1) is 0 Å². The minimum atomic E-state index is 0.129. The van der Waals surface area contributed by atoms with Gasteiger partial charge in [0.1, 0.15) is 5.75 Å². The zero-order valence-electron chi connectivity index (χ0n) is 8.64. The minimum Gasteiger partial charge on any atom is -0.507 e. The Morgan fingerprint density at radius 1 is 0.812 bits per heavy atom. The number of nitrogens with two attached hydrogens (primary N) is 3. The molecule has 0 atom stereocenters. The van der Waals surface area contributed by atoms with Crippen molar-refractivity contribution in [2.45, 2.75) is 0 Å². The third kappa shape index (κ3) is 1.61. The lowest BCUT2D eigenvalue weighted by atomic mass is 10.0. The lowest BCUT2D eigenvalue weighted by Crippen LogP contribution is -1.96. The van der Waals surface area contributed by atoms with Gasteiger partial charge in [-0.1, -0.05) is 12.1 Å². The number of rotatable bonds is 1. The molecule has 2 aromatic rings. The number of aromatic hydroxyl groups is 1. The number of phenolic OH excluding ortho intramolecular Hbond substituents is 1. The molecule has 0 fully saturated rings. The number of anilines is 3. The minimum absolute atomic E-state index is 0.129. The third-order valence-electron chi connectivity index (χ3n) is 2.45. The van der Waals surface area contributed by atoms with Crippen LogP contribution in [-0.4, -0.2) is 5.11 Å². The first kappa shape index (κ1) is 10.2. The molecule has 0 saturated carbocycles. The smallest absolute Gasteiger partial charge is 0.125 e. The number of hydrogen-bond acceptors (Lipinski definition) is 4. The van der Waals surface area contributed by atoms with Gasteiger partial charge in [-0.25, -0.2) is 0 Å². The monoisotopic (exact) mass is 215 g/mol. The summed E-state index contributed by atoms with van der Waals surface area (Å²) in [5.41, 5.74) is 20.0. The normalized spacial score (nSPS) is 10.2. The molecule has 0 spiro atoms. The molecular weight excluding hydrogens is 202 g/mol. The molecule has 0 aromatic heterocycles. The molecule has 0 unspecified atom stereocenters. The van der Waals surface area contributed by atoms with Crippen molar-refractivity contribution in [2.24, 2.45) is 0 Å². The van der Waals surface area contributed by atoms with Crippen molar-refractivity contribution in [1.29, 1.82) is 0 Å². The second-order valence-electron chi connectivity index (χ2n) is 3.59. The fourth-order valence-electron chi connectivity index (χ4n) is 1.60. The zero-order chi connectivity index (χ0) is 11.7. The van der Waals surface area contributed by atoms with Crippen molar-refractivity contribution in [3.8, 4) is 16.9 Å². The number of nitrogen functional groups attached to an aromatic ring is 3. The molecule has 0 aliphatic heterocycles. The molecule has 0 radical (unpaired) electrons. The van der Waals surface area contributed by atoms with E-state index in [4.69, 9.17) is 17.2 Å². The van der Waals surface area contributed by atoms with Crippen LogP contribution < -0.4 is 17.2 Å². The molecule has 2 aromatic carbocycles. The maximum absolute atomic E-state index is 9.75. The summed E-state index contributed by atoms with van der Waals surface area (Å²) in [4.78, 5) is 0. The summed E-state index contributed by atoms with van der Waals surface area (Å²) in [6.45, 7) is 0. The SMILES string of the molecule is Nc1ccc(-c2c(N)cccc2O)cc1N. The summed E-state index contributed by atoms with van der Waals surface area (Å²) < 4.78 is 0. The molecule has 0 saturated heterocycles. The topological polar surface area (TPSA) is 98.3 Å². The molecule has 0 aliphatic carbocycles. The van der Waals surface area contributed by atoms with Crippen molar-refractivity contribution in [2.75, 3.05) is 17.2 Å². The molecule has 0 bridgehead atoms. The summed E-state index contributed by atoms with van der Waals surface area (Å²) in [7, 11) is 0. The van der Waals surface area contributed by atoms with Crippen molar-refractivity contribution in [1.82, 2.24) is 0 Å². The fraction of sp³-hybridized carbons (Fsp3) is 0. The van der Waals surface area contributed by atoms with Crippen LogP contribution in [0.5, 0.6) is 5.75 Å². The summed E-state index contributed by atoms with van der Waals surface area (Å²) in [6, 6.07) is 10.2. The Bertz CT molecular complexity index is 518. The van der Waals surface area contributed by atoms with Crippen LogP contribution in [0.15, 0.2) is 36.4 Å². The van der Waals surface area contributed by atoms with Gasteiger partial charge in [0.2, 0.25) is 0 Å². The molecule has 0 amide bonds. The quantitative estimate of drug-likeness (QED) is 0.545. The first-order chi connectivity index (χ1) is 7.59. The maximum atomic E-state index is 9.75. The van der Waals surface area contributed by atoms with Gasteiger partial charge in [-0.3, -0.25) is 0 Å². The van der Waals surface area contributed by atoms with Crippen molar-refractivity contribution < 1.29 is 5.11 Å². The van der Waals surface area contributed by atoms with E-state index in [1.165, 1.54) is 0 Å². The van der Waals surface area contributed by atoms with Crippen LogP contribution in [0.4, 0.5) is 17.1 Å². The Labute approximate surface area is 93.3 Å². The van der Waals surface area contributed by atoms with Gasteiger partial charge >= 0.3 is 0 Å². The zero-order valence-corrected chi connectivity index (χ0v) is 8.64. The second kappa shape index (κ2) is 3.66. The van der Waals surface area contributed by atoms with E-state index >= 15 is 0 Å². The van der Waals surface area contributed by atoms with Gasteiger partial charge in [-0.15, -0.1) is 0 Å². The van der Waals surface area contributed by atoms with E-state index in [1.54, 1.807) is 36.4 Å². The molecule has 4 heteroatoms. The number of hydrogen-bond donors (Lipinski definition) is 4. The van der Waals surface area contributed by atoms with Crippen molar-refractivity contribution in [3.05, 3.63) is 36.4 Å². The average Bonchev–Trinajstić information content (AvgIpc) is 2.23.